The molecule has 5 aromatic rings. The predicted octanol–water partition coefficient (Wildman–Crippen LogP) is 6.91. The standard InChI is InChI=1S/C29H28N4/c1-4-22-15-17-25(18-16-22)31-28-26(19-23-11-7-5-8-12-23)20(2)30-29-27(21(3)32-33(28)29)24-13-9-6-10-14-24/h5-18,31H,4,19H2,1-3H3. The van der Waals surface area contributed by atoms with Gasteiger partial charge in [-0.1, -0.05) is 79.7 Å². The molecule has 1 N–H and O–H groups in total. The van der Waals surface area contributed by atoms with Crippen LogP contribution in [0.25, 0.3) is 16.8 Å². The number of hydrogen-bond acceptors (Lipinski definition) is 3. The van der Waals surface area contributed by atoms with E-state index in [1.165, 1.54) is 11.1 Å². The molecule has 0 spiro atoms. The fourth-order valence-electron chi connectivity index (χ4n) is 4.34. The Labute approximate surface area is 195 Å². The van der Waals surface area contributed by atoms with Crippen molar-refractivity contribution in [3.63, 3.8) is 0 Å². The Balaban J connectivity index is 1.70. The minimum absolute atomic E-state index is 0.782. The molecule has 0 radical (unpaired) electrons. The summed E-state index contributed by atoms with van der Waals surface area (Å²) in [5.41, 5.74) is 9.82. The van der Waals surface area contributed by atoms with Gasteiger partial charge in [0.1, 0.15) is 5.82 Å². The molecule has 0 aliphatic carbocycles. The second kappa shape index (κ2) is 8.91. The van der Waals surface area contributed by atoms with Crippen molar-refractivity contribution in [1.82, 2.24) is 14.6 Å². The molecule has 0 bridgehead atoms. The molecule has 164 valence electrons. The van der Waals surface area contributed by atoms with Crippen LogP contribution in [0.4, 0.5) is 11.5 Å². The zero-order chi connectivity index (χ0) is 22.8. The van der Waals surface area contributed by atoms with Crippen molar-refractivity contribution in [2.75, 3.05) is 5.32 Å². The molecule has 0 amide bonds. The van der Waals surface area contributed by atoms with Crippen LogP contribution in [0.2, 0.25) is 0 Å². The molecule has 4 nitrogen and oxygen atoms in total. The Morgan fingerprint density at radius 2 is 1.42 bits per heavy atom. The lowest BCUT2D eigenvalue weighted by molar-refractivity contribution is 0.895. The molecule has 5 rings (SSSR count). The zero-order valence-corrected chi connectivity index (χ0v) is 19.3. The SMILES string of the molecule is CCc1ccc(Nc2c(Cc3ccccc3)c(C)nc3c(-c4ccccc4)c(C)nn23)cc1. The molecular formula is C29H28N4. The molecule has 0 atom stereocenters. The molecule has 0 aliphatic heterocycles. The maximum absolute atomic E-state index is 5.06. The van der Waals surface area contributed by atoms with Gasteiger partial charge in [-0.2, -0.15) is 9.61 Å². The number of benzene rings is 3. The topological polar surface area (TPSA) is 42.2 Å². The number of hydrogen-bond donors (Lipinski definition) is 1. The van der Waals surface area contributed by atoms with Gasteiger partial charge < -0.3 is 5.32 Å². The highest BCUT2D eigenvalue weighted by molar-refractivity contribution is 5.82. The number of nitrogens with one attached hydrogen (secondary N) is 1. The van der Waals surface area contributed by atoms with Crippen LogP contribution in [0.1, 0.15) is 35.0 Å². The van der Waals surface area contributed by atoms with Gasteiger partial charge in [0.2, 0.25) is 0 Å². The van der Waals surface area contributed by atoms with Crippen LogP contribution in [0.15, 0.2) is 84.9 Å². The lowest BCUT2D eigenvalue weighted by Crippen LogP contribution is -2.09. The maximum atomic E-state index is 5.06. The predicted molar refractivity (Wildman–Crippen MR) is 136 cm³/mol. The molecule has 0 saturated carbocycles. The van der Waals surface area contributed by atoms with Gasteiger partial charge in [-0.25, -0.2) is 4.98 Å². The summed E-state index contributed by atoms with van der Waals surface area (Å²) in [4.78, 5) is 5.06. The van der Waals surface area contributed by atoms with Gasteiger partial charge in [-0.15, -0.1) is 0 Å². The normalized spacial score (nSPS) is 11.1. The van der Waals surface area contributed by atoms with E-state index in [1.807, 2.05) is 10.6 Å². The Kier molecular flexibility index (Phi) is 5.66. The van der Waals surface area contributed by atoms with E-state index in [9.17, 15) is 0 Å². The minimum Gasteiger partial charge on any atom is -0.340 e. The first-order valence-corrected chi connectivity index (χ1v) is 11.5. The summed E-state index contributed by atoms with van der Waals surface area (Å²) in [6.45, 7) is 6.33. The van der Waals surface area contributed by atoms with Crippen LogP contribution in [0.3, 0.4) is 0 Å². The van der Waals surface area contributed by atoms with Gasteiger partial charge in [-0.05, 0) is 49.1 Å². The van der Waals surface area contributed by atoms with Crippen molar-refractivity contribution in [2.24, 2.45) is 0 Å². The van der Waals surface area contributed by atoms with E-state index in [0.29, 0.717) is 0 Å². The first kappa shape index (κ1) is 21.0. The molecule has 3 aromatic carbocycles. The molecule has 2 heterocycles. The summed E-state index contributed by atoms with van der Waals surface area (Å²) in [7, 11) is 0. The molecule has 0 saturated heterocycles. The van der Waals surface area contributed by atoms with Gasteiger partial charge in [-0.3, -0.25) is 0 Å². The summed E-state index contributed by atoms with van der Waals surface area (Å²) in [6.07, 6.45) is 1.81. The number of aromatic nitrogens is 3. The lowest BCUT2D eigenvalue weighted by Gasteiger charge is -2.17. The molecular weight excluding hydrogens is 404 g/mol. The third kappa shape index (κ3) is 4.12. The van der Waals surface area contributed by atoms with E-state index >= 15 is 0 Å². The highest BCUT2D eigenvalue weighted by Crippen LogP contribution is 2.33. The van der Waals surface area contributed by atoms with Crippen LogP contribution >= 0.6 is 0 Å². The van der Waals surface area contributed by atoms with Gasteiger partial charge in [0.25, 0.3) is 0 Å². The third-order valence-electron chi connectivity index (χ3n) is 6.16. The Morgan fingerprint density at radius 3 is 2.09 bits per heavy atom. The van der Waals surface area contributed by atoms with E-state index in [1.54, 1.807) is 0 Å². The van der Waals surface area contributed by atoms with Crippen molar-refractivity contribution in [3.05, 3.63) is 113 Å². The highest BCUT2D eigenvalue weighted by atomic mass is 15.3. The van der Waals surface area contributed by atoms with Crippen LogP contribution < -0.4 is 5.32 Å². The molecule has 0 aliphatic rings. The summed E-state index contributed by atoms with van der Waals surface area (Å²) < 4.78 is 1.98. The van der Waals surface area contributed by atoms with E-state index < -0.39 is 0 Å². The summed E-state index contributed by atoms with van der Waals surface area (Å²) >= 11 is 0. The number of rotatable bonds is 6. The Bertz CT molecular complexity index is 1390. The summed E-state index contributed by atoms with van der Waals surface area (Å²) in [5, 5.41) is 8.63. The number of nitrogens with zero attached hydrogens (tertiary/aromatic N) is 3. The fourth-order valence-corrected chi connectivity index (χ4v) is 4.34. The maximum Gasteiger partial charge on any atom is 0.165 e. The second-order valence-corrected chi connectivity index (χ2v) is 8.42. The molecule has 0 fully saturated rings. The monoisotopic (exact) mass is 432 g/mol. The molecule has 2 aromatic heterocycles. The average molecular weight is 433 g/mol. The number of anilines is 2. The summed E-state index contributed by atoms with van der Waals surface area (Å²) in [5.74, 6) is 0.968. The van der Waals surface area contributed by atoms with E-state index in [-0.39, 0.29) is 0 Å². The van der Waals surface area contributed by atoms with Crippen LogP contribution in [0, 0.1) is 13.8 Å². The largest absolute Gasteiger partial charge is 0.340 e. The van der Waals surface area contributed by atoms with E-state index in [2.05, 4.69) is 105 Å². The van der Waals surface area contributed by atoms with E-state index in [0.717, 1.165) is 58.1 Å². The van der Waals surface area contributed by atoms with Crippen molar-refractivity contribution >= 4 is 17.2 Å². The van der Waals surface area contributed by atoms with Crippen molar-refractivity contribution in [2.45, 2.75) is 33.6 Å². The molecule has 4 heteroatoms. The van der Waals surface area contributed by atoms with Crippen LogP contribution in [-0.2, 0) is 12.8 Å². The minimum atomic E-state index is 0.782. The Morgan fingerprint density at radius 1 is 0.758 bits per heavy atom. The van der Waals surface area contributed by atoms with Crippen molar-refractivity contribution in [3.8, 4) is 11.1 Å². The highest BCUT2D eigenvalue weighted by Gasteiger charge is 2.20. The number of aryl methyl sites for hydroxylation is 3. The average Bonchev–Trinajstić information content (AvgIpc) is 3.18. The summed E-state index contributed by atoms with van der Waals surface area (Å²) in [6, 6.07) is 29.6. The first-order valence-electron chi connectivity index (χ1n) is 11.5. The van der Waals surface area contributed by atoms with Crippen molar-refractivity contribution in [1.29, 1.82) is 0 Å². The van der Waals surface area contributed by atoms with Crippen LogP contribution in [-0.4, -0.2) is 14.6 Å². The quantitative estimate of drug-likeness (QED) is 0.317. The smallest absolute Gasteiger partial charge is 0.165 e. The fraction of sp³-hybridized carbons (Fsp3) is 0.172. The van der Waals surface area contributed by atoms with Gasteiger partial charge >= 0.3 is 0 Å². The van der Waals surface area contributed by atoms with Gasteiger partial charge in [0.15, 0.2) is 5.65 Å². The lowest BCUT2D eigenvalue weighted by atomic mass is 10.0. The van der Waals surface area contributed by atoms with Crippen molar-refractivity contribution < 1.29 is 0 Å². The third-order valence-corrected chi connectivity index (χ3v) is 6.16. The molecule has 33 heavy (non-hydrogen) atoms. The van der Waals surface area contributed by atoms with Gasteiger partial charge in [0.05, 0.1) is 5.69 Å². The van der Waals surface area contributed by atoms with Crippen LogP contribution in [0.5, 0.6) is 0 Å². The first-order chi connectivity index (χ1) is 16.1. The molecule has 0 unspecified atom stereocenters. The zero-order valence-electron chi connectivity index (χ0n) is 19.3. The Hall–Kier alpha value is -3.92. The number of fused-ring (bicyclic) bond motifs is 1. The van der Waals surface area contributed by atoms with E-state index in [4.69, 9.17) is 10.1 Å². The second-order valence-electron chi connectivity index (χ2n) is 8.42. The van der Waals surface area contributed by atoms with Gasteiger partial charge in [0, 0.05) is 28.9 Å².